The van der Waals surface area contributed by atoms with E-state index in [1.165, 1.54) is 29.2 Å². The minimum atomic E-state index is -1.19. The first kappa shape index (κ1) is 21.5. The van der Waals surface area contributed by atoms with E-state index in [1.54, 1.807) is 38.4 Å². The van der Waals surface area contributed by atoms with E-state index in [0.717, 1.165) is 0 Å². The zero-order valence-electron chi connectivity index (χ0n) is 15.9. The Hall–Kier alpha value is -3.82. The molecule has 0 aliphatic heterocycles. The maximum atomic E-state index is 11.6. The predicted molar refractivity (Wildman–Crippen MR) is 103 cm³/mol. The standard InChI is InChI=1S/C19H21N3O7/c1-21(2)19(25)29-16-7-3-13(4-8-16)17(20-18(23)24)11-12-28-15-9-5-14(6-10-15)22(26)27/h3-10,17,20H,11-12H2,1-2H3,(H,23,24)/t17-/m0/s1. The number of nitro benzene ring substituents is 1. The van der Waals surface area contributed by atoms with Crippen LogP contribution in [0, 0.1) is 10.1 Å². The molecule has 154 valence electrons. The largest absolute Gasteiger partial charge is 0.493 e. The molecule has 0 radical (unpaired) electrons. The lowest BCUT2D eigenvalue weighted by Gasteiger charge is -2.18. The molecule has 0 bridgehead atoms. The molecular formula is C19H21N3O7. The first-order valence-electron chi connectivity index (χ1n) is 8.62. The Morgan fingerprint density at radius 1 is 1.10 bits per heavy atom. The Bertz CT molecular complexity index is 851. The van der Waals surface area contributed by atoms with E-state index in [1.807, 2.05) is 0 Å². The molecule has 0 spiro atoms. The SMILES string of the molecule is CN(C)C(=O)Oc1ccc([C@H](CCOc2ccc([N+](=O)[O-])cc2)NC(=O)O)cc1. The summed E-state index contributed by atoms with van der Waals surface area (Å²) in [6.07, 6.45) is -1.39. The Labute approximate surface area is 166 Å². The lowest BCUT2D eigenvalue weighted by molar-refractivity contribution is -0.384. The van der Waals surface area contributed by atoms with Gasteiger partial charge in [0.25, 0.3) is 5.69 Å². The Morgan fingerprint density at radius 2 is 1.69 bits per heavy atom. The highest BCUT2D eigenvalue weighted by atomic mass is 16.6. The minimum absolute atomic E-state index is 0.0437. The van der Waals surface area contributed by atoms with Crippen molar-refractivity contribution in [1.29, 1.82) is 0 Å². The molecular weight excluding hydrogens is 382 g/mol. The number of rotatable bonds is 8. The fourth-order valence-corrected chi connectivity index (χ4v) is 2.39. The van der Waals surface area contributed by atoms with Crippen LogP contribution >= 0.6 is 0 Å². The predicted octanol–water partition coefficient (Wildman–Crippen LogP) is 3.43. The molecule has 0 heterocycles. The molecule has 1 atom stereocenters. The number of amides is 2. The van der Waals surface area contributed by atoms with Gasteiger partial charge in [0.2, 0.25) is 0 Å². The quantitative estimate of drug-likeness (QED) is 0.510. The number of carbonyl (C=O) groups is 2. The number of benzene rings is 2. The normalized spacial score (nSPS) is 11.2. The number of carbonyl (C=O) groups excluding carboxylic acids is 1. The summed E-state index contributed by atoms with van der Waals surface area (Å²) in [4.78, 5) is 34.1. The Balaban J connectivity index is 1.98. The summed E-state index contributed by atoms with van der Waals surface area (Å²) in [6, 6.07) is 11.5. The Kier molecular flexibility index (Phi) is 7.35. The van der Waals surface area contributed by atoms with Crippen LogP contribution in [0.5, 0.6) is 11.5 Å². The summed E-state index contributed by atoms with van der Waals surface area (Å²) in [7, 11) is 3.13. The van der Waals surface area contributed by atoms with Gasteiger partial charge >= 0.3 is 12.2 Å². The van der Waals surface area contributed by atoms with E-state index in [2.05, 4.69) is 5.32 Å². The molecule has 2 rings (SSSR count). The van der Waals surface area contributed by atoms with E-state index < -0.39 is 23.2 Å². The van der Waals surface area contributed by atoms with Crippen molar-refractivity contribution in [3.05, 3.63) is 64.2 Å². The van der Waals surface area contributed by atoms with Crippen LogP contribution in [0.3, 0.4) is 0 Å². The maximum Gasteiger partial charge on any atom is 0.414 e. The second-order valence-electron chi connectivity index (χ2n) is 6.22. The van der Waals surface area contributed by atoms with Gasteiger partial charge in [-0.25, -0.2) is 9.59 Å². The van der Waals surface area contributed by atoms with Crippen molar-refractivity contribution in [2.45, 2.75) is 12.5 Å². The molecule has 0 aliphatic carbocycles. The van der Waals surface area contributed by atoms with Crippen LogP contribution in [0.15, 0.2) is 48.5 Å². The van der Waals surface area contributed by atoms with Crippen molar-refractivity contribution in [3.63, 3.8) is 0 Å². The maximum absolute atomic E-state index is 11.6. The lowest BCUT2D eigenvalue weighted by Crippen LogP contribution is -2.28. The number of nitrogens with zero attached hydrogens (tertiary/aromatic N) is 2. The molecule has 2 aromatic carbocycles. The summed E-state index contributed by atoms with van der Waals surface area (Å²) in [5, 5.41) is 22.2. The molecule has 29 heavy (non-hydrogen) atoms. The molecule has 0 aliphatic rings. The van der Waals surface area contributed by atoms with E-state index in [9.17, 15) is 19.7 Å². The van der Waals surface area contributed by atoms with Crippen LogP contribution in [0.25, 0.3) is 0 Å². The van der Waals surface area contributed by atoms with Gasteiger partial charge in [0.05, 0.1) is 17.6 Å². The molecule has 0 saturated heterocycles. The fourth-order valence-electron chi connectivity index (χ4n) is 2.39. The zero-order valence-corrected chi connectivity index (χ0v) is 15.9. The summed E-state index contributed by atoms with van der Waals surface area (Å²) in [5.74, 6) is 0.777. The van der Waals surface area contributed by atoms with Gasteiger partial charge in [-0.1, -0.05) is 12.1 Å². The zero-order chi connectivity index (χ0) is 21.4. The van der Waals surface area contributed by atoms with Crippen molar-refractivity contribution in [3.8, 4) is 11.5 Å². The molecule has 0 saturated carbocycles. The average Bonchev–Trinajstić information content (AvgIpc) is 2.68. The van der Waals surface area contributed by atoms with Crippen molar-refractivity contribution >= 4 is 17.9 Å². The topological polar surface area (TPSA) is 131 Å². The third-order valence-electron chi connectivity index (χ3n) is 3.87. The van der Waals surface area contributed by atoms with E-state index in [4.69, 9.17) is 14.6 Å². The third kappa shape index (κ3) is 6.69. The third-order valence-corrected chi connectivity index (χ3v) is 3.87. The van der Waals surface area contributed by atoms with E-state index >= 15 is 0 Å². The van der Waals surface area contributed by atoms with E-state index in [0.29, 0.717) is 23.5 Å². The van der Waals surface area contributed by atoms with Crippen LogP contribution in [-0.2, 0) is 0 Å². The smallest absolute Gasteiger partial charge is 0.414 e. The first-order valence-corrected chi connectivity index (χ1v) is 8.62. The number of hydrogen-bond donors (Lipinski definition) is 2. The van der Waals surface area contributed by atoms with Gasteiger partial charge < -0.3 is 24.8 Å². The number of carboxylic acid groups (broad SMARTS) is 1. The van der Waals surface area contributed by atoms with Crippen molar-refractivity contribution < 1.29 is 29.1 Å². The van der Waals surface area contributed by atoms with Crippen molar-refractivity contribution in [2.24, 2.45) is 0 Å². The average molecular weight is 403 g/mol. The number of nitrogens with one attached hydrogen (secondary N) is 1. The molecule has 0 fully saturated rings. The second kappa shape index (κ2) is 9.93. The molecule has 0 aromatic heterocycles. The van der Waals surface area contributed by atoms with Gasteiger partial charge in [-0.15, -0.1) is 0 Å². The van der Waals surface area contributed by atoms with Crippen LogP contribution in [0.1, 0.15) is 18.0 Å². The summed E-state index contributed by atoms with van der Waals surface area (Å²) >= 11 is 0. The summed E-state index contributed by atoms with van der Waals surface area (Å²) in [6.45, 7) is 0.181. The van der Waals surface area contributed by atoms with Crippen LogP contribution in [-0.4, -0.2) is 47.8 Å². The van der Waals surface area contributed by atoms with Gasteiger partial charge in [0.15, 0.2) is 0 Å². The highest BCUT2D eigenvalue weighted by Crippen LogP contribution is 2.22. The lowest BCUT2D eigenvalue weighted by atomic mass is 10.0. The van der Waals surface area contributed by atoms with Crippen LogP contribution in [0.4, 0.5) is 15.3 Å². The molecule has 0 unspecified atom stereocenters. The molecule has 2 amide bonds. The van der Waals surface area contributed by atoms with Crippen molar-refractivity contribution in [1.82, 2.24) is 10.2 Å². The monoisotopic (exact) mass is 403 g/mol. The number of non-ortho nitro benzene ring substituents is 1. The highest BCUT2D eigenvalue weighted by Gasteiger charge is 2.15. The van der Waals surface area contributed by atoms with Gasteiger partial charge in [0.1, 0.15) is 11.5 Å². The molecule has 2 N–H and O–H groups in total. The summed E-state index contributed by atoms with van der Waals surface area (Å²) in [5.41, 5.74) is 0.627. The van der Waals surface area contributed by atoms with Crippen LogP contribution in [0.2, 0.25) is 0 Å². The van der Waals surface area contributed by atoms with Gasteiger partial charge in [-0.3, -0.25) is 10.1 Å². The van der Waals surface area contributed by atoms with Gasteiger partial charge in [-0.05, 0) is 29.8 Å². The molecule has 2 aromatic rings. The van der Waals surface area contributed by atoms with Crippen molar-refractivity contribution in [2.75, 3.05) is 20.7 Å². The first-order chi connectivity index (χ1) is 13.8. The molecule has 10 heteroatoms. The van der Waals surface area contributed by atoms with Gasteiger partial charge in [-0.2, -0.15) is 0 Å². The Morgan fingerprint density at radius 3 is 2.21 bits per heavy atom. The van der Waals surface area contributed by atoms with Crippen LogP contribution < -0.4 is 14.8 Å². The van der Waals surface area contributed by atoms with Gasteiger partial charge in [0, 0.05) is 32.6 Å². The molecule has 10 nitrogen and oxygen atoms in total. The highest BCUT2D eigenvalue weighted by molar-refractivity contribution is 5.70. The summed E-state index contributed by atoms with van der Waals surface area (Å²) < 4.78 is 10.7. The van der Waals surface area contributed by atoms with E-state index in [-0.39, 0.29) is 12.3 Å². The second-order valence-corrected chi connectivity index (χ2v) is 6.22. The number of nitro groups is 1. The minimum Gasteiger partial charge on any atom is -0.493 e. The number of hydrogen-bond acceptors (Lipinski definition) is 6. The fraction of sp³-hybridized carbons (Fsp3) is 0.263. The number of ether oxygens (including phenoxy) is 2.